The fourth-order valence-electron chi connectivity index (χ4n) is 4.31. The Morgan fingerprint density at radius 3 is 2.47 bits per heavy atom. The van der Waals surface area contributed by atoms with Crippen LogP contribution in [-0.2, 0) is 20.1 Å². The number of fused-ring (bicyclic) bond motifs is 3. The quantitative estimate of drug-likeness (QED) is 0.441. The van der Waals surface area contributed by atoms with Crippen LogP contribution < -0.4 is 15.0 Å². The van der Waals surface area contributed by atoms with Crippen LogP contribution in [-0.4, -0.2) is 69.4 Å². The molecular formula is C22H26N6O3S. The number of ether oxygens (including phenoxy) is 2. The molecule has 4 aromatic rings. The third-order valence-electron chi connectivity index (χ3n) is 6.11. The SMILES string of the molecule is COc1ccc(OC)c(CN2CCN(Cc3nnc4n(C)c(=O)c5sccc5n34)CC2)c1. The van der Waals surface area contributed by atoms with Gasteiger partial charge in [0.1, 0.15) is 16.2 Å². The predicted octanol–water partition coefficient (Wildman–Crippen LogP) is 1.98. The third kappa shape index (κ3) is 3.64. The van der Waals surface area contributed by atoms with E-state index in [2.05, 4.69) is 20.0 Å². The Morgan fingerprint density at radius 1 is 1.00 bits per heavy atom. The Labute approximate surface area is 189 Å². The summed E-state index contributed by atoms with van der Waals surface area (Å²) in [5, 5.41) is 10.7. The van der Waals surface area contributed by atoms with Crippen LogP contribution >= 0.6 is 11.3 Å². The molecule has 0 atom stereocenters. The van der Waals surface area contributed by atoms with Gasteiger partial charge in [0.05, 0.1) is 26.3 Å². The number of rotatable bonds is 6. The number of methoxy groups -OCH3 is 2. The number of aromatic nitrogens is 4. The van der Waals surface area contributed by atoms with Crippen molar-refractivity contribution >= 4 is 27.3 Å². The number of hydrogen-bond acceptors (Lipinski definition) is 8. The van der Waals surface area contributed by atoms with E-state index in [0.717, 1.165) is 65.8 Å². The molecule has 1 aromatic carbocycles. The van der Waals surface area contributed by atoms with Crippen LogP contribution in [0.15, 0.2) is 34.4 Å². The molecule has 1 fully saturated rings. The maximum Gasteiger partial charge on any atom is 0.272 e. The van der Waals surface area contributed by atoms with E-state index in [1.165, 1.54) is 11.3 Å². The summed E-state index contributed by atoms with van der Waals surface area (Å²) < 4.78 is 15.2. The van der Waals surface area contributed by atoms with Crippen LogP contribution in [0.5, 0.6) is 11.5 Å². The minimum atomic E-state index is -0.0250. The zero-order valence-electron chi connectivity index (χ0n) is 18.4. The Kier molecular flexibility index (Phi) is 5.58. The Bertz CT molecular complexity index is 1320. The van der Waals surface area contributed by atoms with Crippen LogP contribution in [0.4, 0.5) is 0 Å². The lowest BCUT2D eigenvalue weighted by atomic mass is 10.1. The summed E-state index contributed by atoms with van der Waals surface area (Å²) in [5.41, 5.74) is 1.99. The fourth-order valence-corrected chi connectivity index (χ4v) is 5.16. The van der Waals surface area contributed by atoms with Gasteiger partial charge in [-0.05, 0) is 29.6 Å². The summed E-state index contributed by atoms with van der Waals surface area (Å²) in [4.78, 5) is 17.3. The number of aryl methyl sites for hydroxylation is 1. The average molecular weight is 455 g/mol. The molecule has 0 spiro atoms. The summed E-state index contributed by atoms with van der Waals surface area (Å²) in [6.07, 6.45) is 0. The highest BCUT2D eigenvalue weighted by Crippen LogP contribution is 2.26. The van der Waals surface area contributed by atoms with Gasteiger partial charge in [0.15, 0.2) is 5.82 Å². The van der Waals surface area contributed by atoms with Gasteiger partial charge in [0, 0.05) is 45.3 Å². The Hall–Kier alpha value is -2.95. The smallest absolute Gasteiger partial charge is 0.272 e. The first-order valence-electron chi connectivity index (χ1n) is 10.5. The first kappa shape index (κ1) is 20.9. The minimum absolute atomic E-state index is 0.0250. The molecule has 0 aliphatic carbocycles. The van der Waals surface area contributed by atoms with Crippen molar-refractivity contribution in [3.05, 3.63) is 51.4 Å². The molecular weight excluding hydrogens is 428 g/mol. The van der Waals surface area contributed by atoms with Gasteiger partial charge in [-0.15, -0.1) is 21.5 Å². The van der Waals surface area contributed by atoms with E-state index in [9.17, 15) is 4.79 Å². The third-order valence-corrected chi connectivity index (χ3v) is 7.00. The number of thiophene rings is 1. The average Bonchev–Trinajstić information content (AvgIpc) is 3.46. The standard InChI is InChI=1S/C22H26N6O3S/c1-25-21(29)20-17(6-11-32-20)28-19(23-24-22(25)28)14-27-9-7-26(8-10-27)13-15-12-16(30-2)4-5-18(15)31-3/h4-6,11-12H,7-10,13-14H2,1-3H3. The van der Waals surface area contributed by atoms with E-state index < -0.39 is 0 Å². The van der Waals surface area contributed by atoms with Crippen molar-refractivity contribution < 1.29 is 9.47 Å². The van der Waals surface area contributed by atoms with Crippen molar-refractivity contribution in [1.82, 2.24) is 29.0 Å². The van der Waals surface area contributed by atoms with Crippen molar-refractivity contribution in [3.63, 3.8) is 0 Å². The molecule has 32 heavy (non-hydrogen) atoms. The maximum atomic E-state index is 12.5. The Morgan fingerprint density at radius 2 is 1.75 bits per heavy atom. The molecule has 0 saturated carbocycles. The van der Waals surface area contributed by atoms with Crippen molar-refractivity contribution in [2.45, 2.75) is 13.1 Å². The molecule has 1 saturated heterocycles. The van der Waals surface area contributed by atoms with E-state index in [4.69, 9.17) is 9.47 Å². The largest absolute Gasteiger partial charge is 0.497 e. The molecule has 0 amide bonds. The lowest BCUT2D eigenvalue weighted by Crippen LogP contribution is -2.45. The second-order valence-electron chi connectivity index (χ2n) is 7.98. The highest BCUT2D eigenvalue weighted by Gasteiger charge is 2.22. The van der Waals surface area contributed by atoms with Gasteiger partial charge >= 0.3 is 0 Å². The zero-order chi connectivity index (χ0) is 22.2. The monoisotopic (exact) mass is 454 g/mol. The van der Waals surface area contributed by atoms with E-state index in [1.54, 1.807) is 25.8 Å². The lowest BCUT2D eigenvalue weighted by molar-refractivity contribution is 0.119. The van der Waals surface area contributed by atoms with Gasteiger partial charge < -0.3 is 9.47 Å². The summed E-state index contributed by atoms with van der Waals surface area (Å²) in [6.45, 7) is 5.27. The molecule has 0 unspecified atom stereocenters. The molecule has 168 valence electrons. The summed E-state index contributed by atoms with van der Waals surface area (Å²) in [7, 11) is 5.13. The molecule has 5 rings (SSSR count). The summed E-state index contributed by atoms with van der Waals surface area (Å²) >= 11 is 1.46. The van der Waals surface area contributed by atoms with Crippen LogP contribution in [0, 0.1) is 0 Å². The first-order chi connectivity index (χ1) is 15.6. The van der Waals surface area contributed by atoms with E-state index in [0.29, 0.717) is 12.3 Å². The first-order valence-corrected chi connectivity index (χ1v) is 11.4. The van der Waals surface area contributed by atoms with Gasteiger partial charge in [-0.2, -0.15) is 0 Å². The van der Waals surface area contributed by atoms with Crippen LogP contribution in [0.25, 0.3) is 16.0 Å². The number of nitrogens with zero attached hydrogens (tertiary/aromatic N) is 6. The highest BCUT2D eigenvalue weighted by atomic mass is 32.1. The van der Waals surface area contributed by atoms with Gasteiger partial charge in [0.2, 0.25) is 5.78 Å². The van der Waals surface area contributed by atoms with Crippen molar-refractivity contribution in [3.8, 4) is 11.5 Å². The highest BCUT2D eigenvalue weighted by molar-refractivity contribution is 7.17. The minimum Gasteiger partial charge on any atom is -0.497 e. The van der Waals surface area contributed by atoms with Crippen molar-refractivity contribution in [1.29, 1.82) is 0 Å². The number of piperazine rings is 1. The van der Waals surface area contributed by atoms with Crippen LogP contribution in [0.2, 0.25) is 0 Å². The predicted molar refractivity (Wildman–Crippen MR) is 124 cm³/mol. The van der Waals surface area contributed by atoms with Crippen LogP contribution in [0.3, 0.4) is 0 Å². The molecule has 10 heteroatoms. The van der Waals surface area contributed by atoms with E-state index >= 15 is 0 Å². The molecule has 4 heterocycles. The molecule has 3 aromatic heterocycles. The topological polar surface area (TPSA) is 77.1 Å². The molecule has 0 radical (unpaired) electrons. The van der Waals surface area contributed by atoms with Crippen molar-refractivity contribution in [2.24, 2.45) is 7.05 Å². The second kappa shape index (κ2) is 8.53. The molecule has 0 bridgehead atoms. The van der Waals surface area contributed by atoms with Crippen molar-refractivity contribution in [2.75, 3.05) is 40.4 Å². The van der Waals surface area contributed by atoms with E-state index in [1.807, 2.05) is 34.0 Å². The molecule has 1 aliphatic heterocycles. The molecule has 9 nitrogen and oxygen atoms in total. The zero-order valence-corrected chi connectivity index (χ0v) is 19.3. The summed E-state index contributed by atoms with van der Waals surface area (Å²) in [5.74, 6) is 3.17. The Balaban J connectivity index is 1.30. The normalized spacial score (nSPS) is 15.6. The van der Waals surface area contributed by atoms with Gasteiger partial charge in [-0.25, -0.2) is 0 Å². The lowest BCUT2D eigenvalue weighted by Gasteiger charge is -2.34. The van der Waals surface area contributed by atoms with Gasteiger partial charge in [-0.1, -0.05) is 0 Å². The molecule has 1 aliphatic rings. The van der Waals surface area contributed by atoms with Crippen LogP contribution in [0.1, 0.15) is 11.4 Å². The molecule has 0 N–H and O–H groups in total. The number of benzene rings is 1. The van der Waals surface area contributed by atoms with E-state index in [-0.39, 0.29) is 5.56 Å². The fraction of sp³-hybridized carbons (Fsp3) is 0.409. The van der Waals surface area contributed by atoms with Gasteiger partial charge in [-0.3, -0.25) is 23.6 Å². The second-order valence-corrected chi connectivity index (χ2v) is 8.90. The number of hydrogen-bond donors (Lipinski definition) is 0. The maximum absolute atomic E-state index is 12.5. The van der Waals surface area contributed by atoms with Gasteiger partial charge in [0.25, 0.3) is 5.56 Å². The summed E-state index contributed by atoms with van der Waals surface area (Å²) in [6, 6.07) is 7.90.